The van der Waals surface area contributed by atoms with Gasteiger partial charge >= 0.3 is 0 Å². The fourth-order valence-corrected chi connectivity index (χ4v) is 5.06. The van der Waals surface area contributed by atoms with E-state index in [0.717, 1.165) is 32.7 Å². The van der Waals surface area contributed by atoms with Crippen LogP contribution in [-0.2, 0) is 10.1 Å². The molecule has 3 aromatic heterocycles. The lowest BCUT2D eigenvalue weighted by Gasteiger charge is -2.14. The molecule has 0 aliphatic heterocycles. The standard InChI is InChI=1S/C14H9ClN3.C9H12O3S/c15-10-5-6-13-14(9-10)17-8-2-4-11(17)12-3-1-7-16-18(12)13;1-6-4-7(2)9(8(3)5-6)13(10,11)12/h1-9H;4-5H,1-3H3,(H,10,11,12)/q+1;/p-1. The second kappa shape index (κ2) is 7.92. The monoisotopic (exact) mass is 453 g/mol. The first-order chi connectivity index (χ1) is 14.7. The molecule has 158 valence electrons. The summed E-state index contributed by atoms with van der Waals surface area (Å²) in [5.74, 6) is 0. The Morgan fingerprint density at radius 3 is 2.29 bits per heavy atom. The zero-order valence-electron chi connectivity index (χ0n) is 17.2. The number of hydrogen-bond donors (Lipinski definition) is 0. The molecule has 0 aliphatic carbocycles. The fraction of sp³-hybridized carbons (Fsp3) is 0.130. The van der Waals surface area contributed by atoms with Crippen molar-refractivity contribution in [2.24, 2.45) is 0 Å². The van der Waals surface area contributed by atoms with Gasteiger partial charge in [-0.2, -0.15) is 0 Å². The quantitative estimate of drug-likeness (QED) is 0.214. The second-order valence-electron chi connectivity index (χ2n) is 7.40. The number of aryl methyl sites for hydroxylation is 3. The van der Waals surface area contributed by atoms with E-state index in [1.807, 2.05) is 48.0 Å². The molecule has 0 amide bonds. The Morgan fingerprint density at radius 2 is 1.61 bits per heavy atom. The average Bonchev–Trinajstić information content (AvgIpc) is 3.17. The van der Waals surface area contributed by atoms with Crippen molar-refractivity contribution in [1.29, 1.82) is 0 Å². The Kier molecular flexibility index (Phi) is 5.43. The minimum absolute atomic E-state index is 0.0851. The predicted molar refractivity (Wildman–Crippen MR) is 119 cm³/mol. The van der Waals surface area contributed by atoms with Gasteiger partial charge in [-0.05, 0) is 71.8 Å². The van der Waals surface area contributed by atoms with Gasteiger partial charge in [-0.15, -0.1) is 0 Å². The number of halogens is 1. The Morgan fingerprint density at radius 1 is 0.935 bits per heavy atom. The van der Waals surface area contributed by atoms with Crippen LogP contribution in [0.3, 0.4) is 0 Å². The molecule has 0 unspecified atom stereocenters. The third kappa shape index (κ3) is 3.99. The molecule has 0 N–H and O–H groups in total. The van der Waals surface area contributed by atoms with Crippen LogP contribution in [0.1, 0.15) is 16.7 Å². The molecule has 8 heteroatoms. The number of hydrogen-bond acceptors (Lipinski definition) is 4. The maximum absolute atomic E-state index is 10.8. The highest BCUT2D eigenvalue weighted by atomic mass is 35.5. The van der Waals surface area contributed by atoms with Gasteiger partial charge in [0, 0.05) is 23.4 Å². The highest BCUT2D eigenvalue weighted by Gasteiger charge is 2.16. The van der Waals surface area contributed by atoms with Crippen LogP contribution in [0.2, 0.25) is 5.02 Å². The molecular formula is C23H20ClN3O3S. The van der Waals surface area contributed by atoms with Crippen LogP contribution in [0, 0.1) is 20.8 Å². The molecular weight excluding hydrogens is 434 g/mol. The Hall–Kier alpha value is -3.00. The van der Waals surface area contributed by atoms with E-state index >= 15 is 0 Å². The normalized spacial score (nSPS) is 11.6. The molecule has 0 radical (unpaired) electrons. The maximum atomic E-state index is 10.8. The molecule has 0 fully saturated rings. The minimum atomic E-state index is -4.33. The van der Waals surface area contributed by atoms with E-state index in [2.05, 4.69) is 21.6 Å². The van der Waals surface area contributed by atoms with E-state index in [1.54, 1.807) is 32.2 Å². The van der Waals surface area contributed by atoms with Crippen LogP contribution < -0.4 is 4.52 Å². The highest BCUT2D eigenvalue weighted by Crippen LogP contribution is 2.22. The molecule has 0 saturated heterocycles. The molecule has 0 atom stereocenters. The number of nitrogens with zero attached hydrogens (tertiary/aromatic N) is 3. The summed E-state index contributed by atoms with van der Waals surface area (Å²) in [7, 11) is -4.33. The zero-order chi connectivity index (χ0) is 22.3. The molecule has 0 spiro atoms. The molecule has 31 heavy (non-hydrogen) atoms. The minimum Gasteiger partial charge on any atom is -0.744 e. The van der Waals surface area contributed by atoms with Crippen molar-refractivity contribution in [2.45, 2.75) is 25.7 Å². The average molecular weight is 454 g/mol. The first-order valence-electron chi connectivity index (χ1n) is 9.56. The molecule has 5 rings (SSSR count). The summed E-state index contributed by atoms with van der Waals surface area (Å²) in [6.45, 7) is 5.12. The Labute approximate surface area is 185 Å². The van der Waals surface area contributed by atoms with Crippen molar-refractivity contribution in [3.05, 3.63) is 88.7 Å². The third-order valence-electron chi connectivity index (χ3n) is 5.04. The Balaban J connectivity index is 0.000000159. The summed E-state index contributed by atoms with van der Waals surface area (Å²) >= 11 is 6.09. The van der Waals surface area contributed by atoms with Gasteiger partial charge in [0.15, 0.2) is 0 Å². The van der Waals surface area contributed by atoms with Crippen LogP contribution in [0.4, 0.5) is 0 Å². The molecule has 2 aromatic carbocycles. The van der Waals surface area contributed by atoms with E-state index in [1.165, 1.54) is 0 Å². The predicted octanol–water partition coefficient (Wildman–Crippen LogP) is 4.40. The molecule has 6 nitrogen and oxygen atoms in total. The summed E-state index contributed by atoms with van der Waals surface area (Å²) in [5, 5.41) is 5.16. The van der Waals surface area contributed by atoms with Crippen molar-refractivity contribution >= 4 is 43.8 Å². The fourth-order valence-electron chi connectivity index (χ4n) is 3.99. The van der Waals surface area contributed by atoms with Crippen molar-refractivity contribution in [1.82, 2.24) is 9.50 Å². The first-order valence-corrected chi connectivity index (χ1v) is 11.3. The van der Waals surface area contributed by atoms with Gasteiger partial charge in [0.2, 0.25) is 0 Å². The van der Waals surface area contributed by atoms with E-state index in [-0.39, 0.29) is 4.90 Å². The topological polar surface area (TPSA) is 78.6 Å². The lowest BCUT2D eigenvalue weighted by Crippen LogP contribution is -2.28. The molecule has 0 bridgehead atoms. The van der Waals surface area contributed by atoms with E-state index in [4.69, 9.17) is 11.6 Å². The largest absolute Gasteiger partial charge is 0.744 e. The van der Waals surface area contributed by atoms with Gasteiger partial charge in [-0.25, -0.2) is 8.42 Å². The van der Waals surface area contributed by atoms with Gasteiger partial charge in [-0.3, -0.25) is 0 Å². The van der Waals surface area contributed by atoms with Crippen LogP contribution in [0.5, 0.6) is 0 Å². The number of benzene rings is 2. The van der Waals surface area contributed by atoms with Gasteiger partial charge in [-0.1, -0.05) is 29.3 Å². The van der Waals surface area contributed by atoms with E-state index in [9.17, 15) is 13.0 Å². The van der Waals surface area contributed by atoms with Gasteiger partial charge in [0.25, 0.3) is 11.0 Å². The lowest BCUT2D eigenvalue weighted by atomic mass is 10.1. The molecule has 5 aromatic rings. The maximum Gasteiger partial charge on any atom is 0.262 e. The van der Waals surface area contributed by atoms with Crippen LogP contribution in [0.15, 0.2) is 71.9 Å². The van der Waals surface area contributed by atoms with Crippen molar-refractivity contribution < 1.29 is 17.5 Å². The summed E-state index contributed by atoms with van der Waals surface area (Å²) in [5.41, 5.74) is 6.30. The number of rotatable bonds is 1. The number of fused-ring (bicyclic) bond motifs is 6. The summed E-state index contributed by atoms with van der Waals surface area (Å²) < 4.78 is 36.6. The summed E-state index contributed by atoms with van der Waals surface area (Å²) in [6, 6.07) is 17.4. The first kappa shape index (κ1) is 21.2. The summed E-state index contributed by atoms with van der Waals surface area (Å²) in [6.07, 6.45) is 3.83. The zero-order valence-corrected chi connectivity index (χ0v) is 18.8. The van der Waals surface area contributed by atoms with Crippen LogP contribution >= 0.6 is 11.6 Å². The van der Waals surface area contributed by atoms with Crippen LogP contribution in [-0.4, -0.2) is 22.5 Å². The summed E-state index contributed by atoms with van der Waals surface area (Å²) in [4.78, 5) is -0.0851. The second-order valence-corrected chi connectivity index (χ2v) is 9.15. The van der Waals surface area contributed by atoms with E-state index < -0.39 is 10.1 Å². The highest BCUT2D eigenvalue weighted by molar-refractivity contribution is 7.85. The van der Waals surface area contributed by atoms with E-state index in [0.29, 0.717) is 11.1 Å². The molecule has 0 saturated carbocycles. The van der Waals surface area contributed by atoms with Gasteiger partial charge in [0.1, 0.15) is 21.2 Å². The SMILES string of the molecule is Cc1cc(C)c(S(=O)(=O)[O-])c(C)c1.Clc1ccc2c(c1)n1cccc1c1cccn[n+]12. The van der Waals surface area contributed by atoms with Gasteiger partial charge < -0.3 is 8.95 Å². The number of aromatic nitrogens is 3. The lowest BCUT2D eigenvalue weighted by molar-refractivity contribution is -0.552. The van der Waals surface area contributed by atoms with Crippen molar-refractivity contribution in [2.75, 3.05) is 0 Å². The van der Waals surface area contributed by atoms with Crippen molar-refractivity contribution in [3.63, 3.8) is 0 Å². The third-order valence-corrected chi connectivity index (χ3v) is 6.42. The van der Waals surface area contributed by atoms with Crippen LogP contribution in [0.25, 0.3) is 22.1 Å². The van der Waals surface area contributed by atoms with Gasteiger partial charge in [0.05, 0.1) is 11.1 Å². The smallest absolute Gasteiger partial charge is 0.262 e. The molecule has 3 heterocycles. The van der Waals surface area contributed by atoms with Crippen molar-refractivity contribution in [3.8, 4) is 0 Å². The molecule has 0 aliphatic rings. The Bertz CT molecular complexity index is 1540.